The summed E-state index contributed by atoms with van der Waals surface area (Å²) in [6, 6.07) is 2.25. The Balaban J connectivity index is 2.37. The summed E-state index contributed by atoms with van der Waals surface area (Å²) in [6.45, 7) is 0. The van der Waals surface area contributed by atoms with Crippen LogP contribution in [0.15, 0.2) is 0 Å². The van der Waals surface area contributed by atoms with Gasteiger partial charge in [-0.25, -0.2) is 0 Å². The van der Waals surface area contributed by atoms with Crippen LogP contribution < -0.4 is 0 Å². The van der Waals surface area contributed by atoms with Crippen LogP contribution in [0, 0.1) is 23.2 Å². The van der Waals surface area contributed by atoms with Crippen LogP contribution in [0.2, 0.25) is 0 Å². The Hall–Kier alpha value is -0.260. The molecule has 1 fully saturated rings. The molecule has 0 spiro atoms. The van der Waals surface area contributed by atoms with Crippen LogP contribution in [0.3, 0.4) is 0 Å². The number of halogens is 1. The number of unbranched alkanes of at least 4 members (excludes halogenated alkanes) is 1. The molecule has 14 heavy (non-hydrogen) atoms. The molecule has 80 valence electrons. The first-order valence-corrected chi connectivity index (χ1v) is 5.96. The topological polar surface area (TPSA) is 44.0 Å². The molecule has 1 N–H and O–H groups in total. The smallest absolute Gasteiger partial charge is 0.0750 e. The van der Waals surface area contributed by atoms with Crippen molar-refractivity contribution in [3.05, 3.63) is 0 Å². The molecule has 0 aliphatic heterocycles. The van der Waals surface area contributed by atoms with Crippen LogP contribution in [0.25, 0.3) is 0 Å². The van der Waals surface area contributed by atoms with Gasteiger partial charge in [-0.05, 0) is 31.6 Å². The van der Waals surface area contributed by atoms with E-state index in [0.29, 0.717) is 11.8 Å². The monoisotopic (exact) mass is 215 g/mol. The maximum absolute atomic E-state index is 9.65. The van der Waals surface area contributed by atoms with Gasteiger partial charge >= 0.3 is 0 Å². The van der Waals surface area contributed by atoms with Crippen LogP contribution in [-0.4, -0.2) is 17.1 Å². The zero-order valence-electron chi connectivity index (χ0n) is 8.45. The molecule has 0 saturated heterocycles. The van der Waals surface area contributed by atoms with Crippen molar-refractivity contribution in [1.29, 1.82) is 5.26 Å². The average molecular weight is 216 g/mol. The van der Waals surface area contributed by atoms with Gasteiger partial charge in [0, 0.05) is 5.88 Å². The molecular formula is C11H18ClNO. The Morgan fingerprint density at radius 2 is 2.14 bits per heavy atom. The van der Waals surface area contributed by atoms with Gasteiger partial charge in [-0.1, -0.05) is 12.8 Å². The van der Waals surface area contributed by atoms with Crippen molar-refractivity contribution in [3.8, 4) is 6.07 Å². The van der Waals surface area contributed by atoms with Gasteiger partial charge in [0.05, 0.1) is 18.1 Å². The molecule has 1 saturated carbocycles. The van der Waals surface area contributed by atoms with Crippen molar-refractivity contribution in [3.63, 3.8) is 0 Å². The second-order valence-corrected chi connectivity index (χ2v) is 4.48. The standard InChI is InChI=1S/C11H18ClNO/c12-7-2-1-4-9-5-3-6-11(14)10(9)8-13/h9-11,14H,1-7H2. The van der Waals surface area contributed by atoms with E-state index in [-0.39, 0.29) is 5.92 Å². The minimum atomic E-state index is -0.394. The minimum absolute atomic E-state index is 0.140. The molecule has 1 aliphatic rings. The van der Waals surface area contributed by atoms with Crippen molar-refractivity contribution < 1.29 is 5.11 Å². The van der Waals surface area contributed by atoms with E-state index in [2.05, 4.69) is 6.07 Å². The zero-order valence-corrected chi connectivity index (χ0v) is 9.21. The van der Waals surface area contributed by atoms with Crippen LogP contribution in [0.5, 0.6) is 0 Å². The van der Waals surface area contributed by atoms with Gasteiger partial charge < -0.3 is 5.11 Å². The number of rotatable bonds is 4. The molecule has 3 unspecified atom stereocenters. The van der Waals surface area contributed by atoms with Gasteiger partial charge in [-0.15, -0.1) is 11.6 Å². The molecular weight excluding hydrogens is 198 g/mol. The van der Waals surface area contributed by atoms with Crippen molar-refractivity contribution in [1.82, 2.24) is 0 Å². The van der Waals surface area contributed by atoms with Gasteiger partial charge in [0.25, 0.3) is 0 Å². The summed E-state index contributed by atoms with van der Waals surface area (Å²) in [4.78, 5) is 0. The third-order valence-corrected chi connectivity index (χ3v) is 3.37. The summed E-state index contributed by atoms with van der Waals surface area (Å²) in [7, 11) is 0. The summed E-state index contributed by atoms with van der Waals surface area (Å²) in [6.07, 6.45) is 5.70. The Morgan fingerprint density at radius 3 is 2.79 bits per heavy atom. The molecule has 0 heterocycles. The normalized spacial score (nSPS) is 32.5. The van der Waals surface area contributed by atoms with Crippen LogP contribution >= 0.6 is 11.6 Å². The fourth-order valence-electron chi connectivity index (χ4n) is 2.28. The Morgan fingerprint density at radius 1 is 1.36 bits per heavy atom. The number of nitrogens with zero attached hydrogens (tertiary/aromatic N) is 1. The lowest BCUT2D eigenvalue weighted by molar-refractivity contribution is 0.0578. The van der Waals surface area contributed by atoms with E-state index in [0.717, 1.165) is 38.5 Å². The second-order valence-electron chi connectivity index (χ2n) is 4.10. The molecule has 0 bridgehead atoms. The largest absolute Gasteiger partial charge is 0.392 e. The predicted molar refractivity (Wildman–Crippen MR) is 57.0 cm³/mol. The summed E-state index contributed by atoms with van der Waals surface area (Å²) in [5.41, 5.74) is 0. The van der Waals surface area contributed by atoms with Crippen molar-refractivity contribution in [2.75, 3.05) is 5.88 Å². The summed E-state index contributed by atoms with van der Waals surface area (Å²) in [5, 5.41) is 18.6. The lowest BCUT2D eigenvalue weighted by Gasteiger charge is -2.30. The van der Waals surface area contributed by atoms with E-state index in [1.54, 1.807) is 0 Å². The average Bonchev–Trinajstić information content (AvgIpc) is 2.18. The van der Waals surface area contributed by atoms with Crippen molar-refractivity contribution >= 4 is 11.6 Å². The molecule has 2 nitrogen and oxygen atoms in total. The predicted octanol–water partition coefficient (Wildman–Crippen LogP) is 2.70. The van der Waals surface area contributed by atoms with Gasteiger partial charge in [0.15, 0.2) is 0 Å². The highest BCUT2D eigenvalue weighted by molar-refractivity contribution is 6.17. The number of nitriles is 1. The maximum Gasteiger partial charge on any atom is 0.0750 e. The molecule has 3 heteroatoms. The Kier molecular flexibility index (Phi) is 5.29. The van der Waals surface area contributed by atoms with Crippen LogP contribution in [0.4, 0.5) is 0 Å². The van der Waals surface area contributed by atoms with Crippen LogP contribution in [-0.2, 0) is 0 Å². The summed E-state index contributed by atoms with van der Waals surface area (Å²) < 4.78 is 0. The van der Waals surface area contributed by atoms with Crippen LogP contribution in [0.1, 0.15) is 38.5 Å². The highest BCUT2D eigenvalue weighted by atomic mass is 35.5. The highest BCUT2D eigenvalue weighted by Crippen LogP contribution is 2.33. The van der Waals surface area contributed by atoms with E-state index in [1.165, 1.54) is 0 Å². The second kappa shape index (κ2) is 6.27. The molecule has 0 radical (unpaired) electrons. The lowest BCUT2D eigenvalue weighted by atomic mass is 9.76. The van der Waals surface area contributed by atoms with E-state index < -0.39 is 6.10 Å². The number of aliphatic hydroxyl groups excluding tert-OH is 1. The first-order chi connectivity index (χ1) is 6.79. The Bertz CT molecular complexity index is 202. The molecule has 0 aromatic heterocycles. The molecule has 1 rings (SSSR count). The third kappa shape index (κ3) is 3.15. The highest BCUT2D eigenvalue weighted by Gasteiger charge is 2.31. The van der Waals surface area contributed by atoms with Gasteiger partial charge in [0.1, 0.15) is 0 Å². The quantitative estimate of drug-likeness (QED) is 0.579. The molecule has 0 aromatic rings. The van der Waals surface area contributed by atoms with Gasteiger partial charge in [-0.2, -0.15) is 5.26 Å². The Labute approximate surface area is 90.9 Å². The molecule has 0 aromatic carbocycles. The summed E-state index contributed by atoms with van der Waals surface area (Å²) >= 11 is 5.60. The fraction of sp³-hybridized carbons (Fsp3) is 0.909. The molecule has 1 aliphatic carbocycles. The van der Waals surface area contributed by atoms with E-state index >= 15 is 0 Å². The molecule has 0 amide bonds. The first-order valence-electron chi connectivity index (χ1n) is 5.43. The summed E-state index contributed by atoms with van der Waals surface area (Å²) in [5.74, 6) is 0.956. The molecule has 3 atom stereocenters. The van der Waals surface area contributed by atoms with Crippen molar-refractivity contribution in [2.45, 2.75) is 44.6 Å². The fourth-order valence-corrected chi connectivity index (χ4v) is 2.47. The SMILES string of the molecule is N#CC1C(O)CCCC1CCCCCl. The number of hydrogen-bond donors (Lipinski definition) is 1. The maximum atomic E-state index is 9.65. The number of hydrogen-bond acceptors (Lipinski definition) is 2. The lowest BCUT2D eigenvalue weighted by Crippen LogP contribution is -2.31. The first kappa shape index (κ1) is 11.8. The van der Waals surface area contributed by atoms with E-state index in [1.807, 2.05) is 0 Å². The van der Waals surface area contributed by atoms with Gasteiger partial charge in [0.2, 0.25) is 0 Å². The van der Waals surface area contributed by atoms with Crippen molar-refractivity contribution in [2.24, 2.45) is 11.8 Å². The number of aliphatic hydroxyl groups is 1. The van der Waals surface area contributed by atoms with E-state index in [4.69, 9.17) is 16.9 Å². The third-order valence-electron chi connectivity index (χ3n) is 3.10. The number of alkyl halides is 1. The minimum Gasteiger partial charge on any atom is -0.392 e. The zero-order chi connectivity index (χ0) is 10.4. The van der Waals surface area contributed by atoms with Gasteiger partial charge in [-0.3, -0.25) is 0 Å². The van der Waals surface area contributed by atoms with E-state index in [9.17, 15) is 5.11 Å².